The van der Waals surface area contributed by atoms with Crippen molar-refractivity contribution < 1.29 is 20.1 Å². The normalized spacial score (nSPS) is 11.5. The van der Waals surface area contributed by atoms with Crippen LogP contribution in [0.1, 0.15) is 10.5 Å². The summed E-state index contributed by atoms with van der Waals surface area (Å²) in [6.45, 7) is -1.76. The Morgan fingerprint density at radius 1 is 1.04 bits per heavy atom. The molecule has 0 bridgehead atoms. The number of hydrogen-bond acceptors (Lipinski definition) is 7. The van der Waals surface area contributed by atoms with Crippen molar-refractivity contribution in [1.29, 1.82) is 0 Å². The monoisotopic (exact) mass is 373 g/mol. The van der Waals surface area contributed by atoms with Gasteiger partial charge in [-0.2, -0.15) is 0 Å². The van der Waals surface area contributed by atoms with Gasteiger partial charge in [0.1, 0.15) is 11.2 Å². The van der Waals surface area contributed by atoms with Crippen LogP contribution in [0.15, 0.2) is 47.8 Å². The first kappa shape index (κ1) is 18.3. The number of aliphatic hydroxyl groups is 3. The van der Waals surface area contributed by atoms with Crippen LogP contribution in [-0.2, 0) is 0 Å². The fourth-order valence-electron chi connectivity index (χ4n) is 2.46. The third kappa shape index (κ3) is 3.68. The van der Waals surface area contributed by atoms with Gasteiger partial charge in [-0.1, -0.05) is 36.4 Å². The second-order valence-electron chi connectivity index (χ2n) is 5.90. The van der Waals surface area contributed by atoms with Crippen molar-refractivity contribution in [2.45, 2.75) is 5.54 Å². The summed E-state index contributed by atoms with van der Waals surface area (Å²) in [5.74, 6) is -0.579. The maximum absolute atomic E-state index is 12.3. The van der Waals surface area contributed by atoms with Gasteiger partial charge in [-0.15, -0.1) is 11.3 Å². The highest BCUT2D eigenvalue weighted by Crippen LogP contribution is 2.28. The van der Waals surface area contributed by atoms with Crippen molar-refractivity contribution in [1.82, 2.24) is 10.3 Å². The molecule has 0 aliphatic heterocycles. The first-order valence-electron chi connectivity index (χ1n) is 7.96. The largest absolute Gasteiger partial charge is 0.394 e. The number of nitrogens with zero attached hydrogens (tertiary/aromatic N) is 1. The molecule has 7 nitrogen and oxygen atoms in total. The fourth-order valence-corrected chi connectivity index (χ4v) is 3.16. The van der Waals surface area contributed by atoms with Crippen LogP contribution < -0.4 is 10.6 Å². The van der Waals surface area contributed by atoms with E-state index >= 15 is 0 Å². The van der Waals surface area contributed by atoms with Crippen molar-refractivity contribution in [3.05, 3.63) is 53.5 Å². The second kappa shape index (κ2) is 7.79. The summed E-state index contributed by atoms with van der Waals surface area (Å²) in [5, 5.41) is 37.8. The molecule has 3 aromatic rings. The summed E-state index contributed by atoms with van der Waals surface area (Å²) < 4.78 is 0. The van der Waals surface area contributed by atoms with Gasteiger partial charge in [0.05, 0.1) is 19.8 Å². The minimum atomic E-state index is -1.48. The molecule has 1 amide bonds. The van der Waals surface area contributed by atoms with Gasteiger partial charge in [-0.05, 0) is 11.5 Å². The van der Waals surface area contributed by atoms with Gasteiger partial charge in [0.25, 0.3) is 5.91 Å². The quantitative estimate of drug-likeness (QED) is 0.429. The van der Waals surface area contributed by atoms with Crippen molar-refractivity contribution in [2.24, 2.45) is 0 Å². The highest BCUT2D eigenvalue weighted by Gasteiger charge is 2.31. The first-order valence-corrected chi connectivity index (χ1v) is 8.84. The molecule has 136 valence electrons. The standard InChI is InChI=1S/C18H19N3O4S/c22-9-18(10-23,11-24)21-16(25)15-8-26-17(20-15)19-14-7-3-5-12-4-1-2-6-13(12)14/h1-8,22-24H,9-11H2,(H,19,20)(H,21,25). The Hall–Kier alpha value is -2.52. The molecule has 1 heterocycles. The zero-order chi connectivity index (χ0) is 18.6. The van der Waals surface area contributed by atoms with Crippen LogP contribution in [0.4, 0.5) is 10.8 Å². The maximum Gasteiger partial charge on any atom is 0.271 e. The van der Waals surface area contributed by atoms with Crippen molar-refractivity contribution in [2.75, 3.05) is 25.1 Å². The van der Waals surface area contributed by atoms with E-state index in [1.165, 1.54) is 11.3 Å². The third-order valence-corrected chi connectivity index (χ3v) is 4.81. The van der Waals surface area contributed by atoms with Crippen LogP contribution in [-0.4, -0.2) is 51.6 Å². The van der Waals surface area contributed by atoms with Gasteiger partial charge in [-0.25, -0.2) is 4.98 Å². The van der Waals surface area contributed by atoms with Crippen LogP contribution >= 0.6 is 11.3 Å². The number of amides is 1. The molecule has 5 N–H and O–H groups in total. The number of carbonyl (C=O) groups excluding carboxylic acids is 1. The van der Waals surface area contributed by atoms with E-state index in [0.29, 0.717) is 5.13 Å². The average Bonchev–Trinajstić information content (AvgIpc) is 3.15. The van der Waals surface area contributed by atoms with E-state index in [9.17, 15) is 20.1 Å². The number of thiazole rings is 1. The molecule has 0 aliphatic rings. The van der Waals surface area contributed by atoms with E-state index in [0.717, 1.165) is 16.5 Å². The van der Waals surface area contributed by atoms with Crippen LogP contribution in [0.2, 0.25) is 0 Å². The molecule has 0 spiro atoms. The second-order valence-corrected chi connectivity index (χ2v) is 6.76. The molecule has 0 saturated carbocycles. The summed E-state index contributed by atoms with van der Waals surface area (Å²) in [4.78, 5) is 16.5. The van der Waals surface area contributed by atoms with Crippen LogP contribution in [0.5, 0.6) is 0 Å². The number of nitrogens with one attached hydrogen (secondary N) is 2. The molecule has 0 fully saturated rings. The number of aromatic nitrogens is 1. The van der Waals surface area contributed by atoms with Crippen LogP contribution in [0.3, 0.4) is 0 Å². The number of rotatable bonds is 7. The summed E-state index contributed by atoms with van der Waals surface area (Å²) in [6, 6.07) is 13.8. The topological polar surface area (TPSA) is 115 Å². The Kier molecular flexibility index (Phi) is 5.48. The summed E-state index contributed by atoms with van der Waals surface area (Å²) in [7, 11) is 0. The van der Waals surface area contributed by atoms with E-state index in [2.05, 4.69) is 15.6 Å². The predicted octanol–water partition coefficient (Wildman–Crippen LogP) is 1.49. The Bertz CT molecular complexity index is 895. The van der Waals surface area contributed by atoms with E-state index < -0.39 is 31.3 Å². The highest BCUT2D eigenvalue weighted by atomic mass is 32.1. The number of aliphatic hydroxyl groups excluding tert-OH is 3. The number of hydrogen-bond donors (Lipinski definition) is 5. The minimum Gasteiger partial charge on any atom is -0.394 e. The predicted molar refractivity (Wildman–Crippen MR) is 101 cm³/mol. The van der Waals surface area contributed by atoms with Crippen molar-refractivity contribution >= 4 is 38.8 Å². The van der Waals surface area contributed by atoms with E-state index in [4.69, 9.17) is 0 Å². The number of fused-ring (bicyclic) bond motifs is 1. The first-order chi connectivity index (χ1) is 12.6. The molecule has 2 aromatic carbocycles. The molecule has 8 heteroatoms. The molecule has 0 unspecified atom stereocenters. The summed E-state index contributed by atoms with van der Waals surface area (Å²) in [6.07, 6.45) is 0. The van der Waals surface area contributed by atoms with Crippen molar-refractivity contribution in [3.63, 3.8) is 0 Å². The minimum absolute atomic E-state index is 0.137. The molecule has 3 rings (SSSR count). The lowest BCUT2D eigenvalue weighted by atomic mass is 10.0. The molecule has 1 aromatic heterocycles. The number of benzene rings is 2. The van der Waals surface area contributed by atoms with Crippen molar-refractivity contribution in [3.8, 4) is 0 Å². The molecular formula is C18H19N3O4S. The lowest BCUT2D eigenvalue weighted by Gasteiger charge is -2.28. The van der Waals surface area contributed by atoms with Gasteiger partial charge in [0.2, 0.25) is 0 Å². The summed E-state index contributed by atoms with van der Waals surface area (Å²) in [5.41, 5.74) is -0.471. The Morgan fingerprint density at radius 2 is 1.73 bits per heavy atom. The molecular weight excluding hydrogens is 354 g/mol. The lowest BCUT2D eigenvalue weighted by molar-refractivity contribution is 0.0373. The third-order valence-electron chi connectivity index (χ3n) is 4.05. The fraction of sp³-hybridized carbons (Fsp3) is 0.222. The molecule has 0 saturated heterocycles. The molecule has 26 heavy (non-hydrogen) atoms. The smallest absolute Gasteiger partial charge is 0.271 e. The zero-order valence-electron chi connectivity index (χ0n) is 13.8. The van der Waals surface area contributed by atoms with Gasteiger partial charge in [-0.3, -0.25) is 4.79 Å². The van der Waals surface area contributed by atoms with Gasteiger partial charge >= 0.3 is 0 Å². The number of anilines is 2. The van der Waals surface area contributed by atoms with Crippen LogP contribution in [0, 0.1) is 0 Å². The van der Waals surface area contributed by atoms with Gasteiger partial charge in [0.15, 0.2) is 5.13 Å². The Labute approximate surface area is 153 Å². The Morgan fingerprint density at radius 3 is 2.46 bits per heavy atom. The van der Waals surface area contributed by atoms with Gasteiger partial charge in [0, 0.05) is 16.5 Å². The van der Waals surface area contributed by atoms with E-state index in [-0.39, 0.29) is 5.69 Å². The zero-order valence-corrected chi connectivity index (χ0v) is 14.7. The Balaban J connectivity index is 1.78. The number of carbonyl (C=O) groups is 1. The molecule has 0 atom stereocenters. The van der Waals surface area contributed by atoms with E-state index in [1.807, 2.05) is 42.5 Å². The SMILES string of the molecule is O=C(NC(CO)(CO)CO)c1csc(Nc2cccc3ccccc23)n1. The van der Waals surface area contributed by atoms with E-state index in [1.54, 1.807) is 5.38 Å². The van der Waals surface area contributed by atoms with Crippen LogP contribution in [0.25, 0.3) is 10.8 Å². The highest BCUT2D eigenvalue weighted by molar-refractivity contribution is 7.14. The average molecular weight is 373 g/mol. The lowest BCUT2D eigenvalue weighted by Crippen LogP contribution is -2.57. The molecule has 0 aliphatic carbocycles. The maximum atomic E-state index is 12.3. The van der Waals surface area contributed by atoms with Gasteiger partial charge < -0.3 is 26.0 Å². The molecule has 0 radical (unpaired) electrons. The summed E-state index contributed by atoms with van der Waals surface area (Å²) >= 11 is 1.26.